The number of carboxylic acids is 1. The Hall–Kier alpha value is -2.52. The smallest absolute Gasteiger partial charge is 0.329 e. The Balaban J connectivity index is 1.70. The SMILES string of the molecule is O=C(O)COCCCC(F)(F)c1nc(N2CCCC2)c2oc3cc(Cl)ccc3c2n1. The number of hydrogen-bond acceptors (Lipinski definition) is 6. The molecule has 1 aromatic carbocycles. The number of ether oxygens (including phenoxy) is 1. The first-order valence-corrected chi connectivity index (χ1v) is 10.1. The van der Waals surface area contributed by atoms with Crippen molar-refractivity contribution in [2.75, 3.05) is 31.2 Å². The lowest BCUT2D eigenvalue weighted by atomic mass is 10.1. The summed E-state index contributed by atoms with van der Waals surface area (Å²) in [7, 11) is 0. The van der Waals surface area contributed by atoms with E-state index in [1.165, 1.54) is 0 Å². The molecule has 1 N–H and O–H groups in total. The molecule has 7 nitrogen and oxygen atoms in total. The maximum Gasteiger partial charge on any atom is 0.329 e. The maximum absolute atomic E-state index is 14.9. The van der Waals surface area contributed by atoms with Crippen molar-refractivity contribution < 1.29 is 27.8 Å². The Morgan fingerprint density at radius 2 is 2.07 bits per heavy atom. The van der Waals surface area contributed by atoms with E-state index in [-0.39, 0.29) is 13.0 Å². The lowest BCUT2D eigenvalue weighted by Gasteiger charge is -2.20. The van der Waals surface area contributed by atoms with Gasteiger partial charge in [-0.2, -0.15) is 8.78 Å². The van der Waals surface area contributed by atoms with Crippen molar-refractivity contribution >= 4 is 45.5 Å². The van der Waals surface area contributed by atoms with Gasteiger partial charge >= 0.3 is 11.9 Å². The standard InChI is InChI=1S/C20H20ClF2N3O4/c21-12-4-5-13-14(10-12)30-17-16(13)24-19(25-18(17)26-7-1-2-8-26)20(22,23)6-3-9-29-11-15(27)28/h4-5,10H,1-3,6-9,11H2,(H,27,28). The van der Waals surface area contributed by atoms with E-state index in [0.29, 0.717) is 46.0 Å². The first-order chi connectivity index (χ1) is 14.3. The van der Waals surface area contributed by atoms with E-state index < -0.39 is 30.7 Å². The van der Waals surface area contributed by atoms with Crippen LogP contribution in [0.5, 0.6) is 0 Å². The fraction of sp³-hybridized carbons (Fsp3) is 0.450. The molecule has 3 heterocycles. The molecule has 30 heavy (non-hydrogen) atoms. The molecule has 1 aliphatic rings. The van der Waals surface area contributed by atoms with Crippen molar-refractivity contribution in [2.24, 2.45) is 0 Å². The van der Waals surface area contributed by atoms with Gasteiger partial charge in [0.15, 0.2) is 11.4 Å². The van der Waals surface area contributed by atoms with Crippen molar-refractivity contribution in [3.8, 4) is 0 Å². The second-order valence-corrected chi connectivity index (χ2v) is 7.68. The third-order valence-electron chi connectivity index (χ3n) is 5.00. The summed E-state index contributed by atoms with van der Waals surface area (Å²) in [5.41, 5.74) is 1.17. The van der Waals surface area contributed by atoms with E-state index in [4.69, 9.17) is 25.9 Å². The number of halogens is 3. The second-order valence-electron chi connectivity index (χ2n) is 7.24. The number of alkyl halides is 2. The molecule has 0 bridgehead atoms. The van der Waals surface area contributed by atoms with Crippen molar-refractivity contribution in [3.63, 3.8) is 0 Å². The average molecular weight is 440 g/mol. The van der Waals surface area contributed by atoms with Crippen LogP contribution < -0.4 is 4.90 Å². The van der Waals surface area contributed by atoms with Gasteiger partial charge in [0.2, 0.25) is 5.82 Å². The van der Waals surface area contributed by atoms with Crippen LogP contribution in [0.4, 0.5) is 14.6 Å². The summed E-state index contributed by atoms with van der Waals surface area (Å²) in [6.45, 7) is 0.808. The monoisotopic (exact) mass is 439 g/mol. The van der Waals surface area contributed by atoms with Crippen molar-refractivity contribution in [1.29, 1.82) is 0 Å². The fourth-order valence-corrected chi connectivity index (χ4v) is 3.74. The zero-order chi connectivity index (χ0) is 21.3. The molecule has 3 aromatic rings. The first-order valence-electron chi connectivity index (χ1n) is 9.68. The molecule has 0 radical (unpaired) electrons. The van der Waals surface area contributed by atoms with Gasteiger partial charge < -0.3 is 19.2 Å². The van der Waals surface area contributed by atoms with E-state index in [9.17, 15) is 13.6 Å². The van der Waals surface area contributed by atoms with E-state index in [0.717, 1.165) is 12.8 Å². The van der Waals surface area contributed by atoms with Crippen molar-refractivity contribution in [3.05, 3.63) is 29.0 Å². The molecule has 160 valence electrons. The number of fused-ring (bicyclic) bond motifs is 3. The summed E-state index contributed by atoms with van der Waals surface area (Å²) in [4.78, 5) is 20.8. The van der Waals surface area contributed by atoms with Gasteiger partial charge in [0.25, 0.3) is 0 Å². The minimum Gasteiger partial charge on any atom is -0.480 e. The molecule has 0 unspecified atom stereocenters. The van der Waals surface area contributed by atoms with Gasteiger partial charge in [0.05, 0.1) is 0 Å². The highest BCUT2D eigenvalue weighted by atomic mass is 35.5. The number of benzene rings is 1. The van der Waals surface area contributed by atoms with Crippen LogP contribution in [0.3, 0.4) is 0 Å². The number of anilines is 1. The van der Waals surface area contributed by atoms with Crippen LogP contribution in [-0.2, 0) is 15.5 Å². The molecule has 1 saturated heterocycles. The number of furan rings is 1. The summed E-state index contributed by atoms with van der Waals surface area (Å²) in [5.74, 6) is -4.65. The third-order valence-corrected chi connectivity index (χ3v) is 5.23. The predicted octanol–water partition coefficient (Wildman–Crippen LogP) is 4.60. The number of carbonyl (C=O) groups is 1. The zero-order valence-corrected chi connectivity index (χ0v) is 16.8. The molecular formula is C20H20ClF2N3O4. The molecule has 0 atom stereocenters. The number of hydrogen-bond donors (Lipinski definition) is 1. The second kappa shape index (κ2) is 8.31. The van der Waals surface area contributed by atoms with Gasteiger partial charge in [0, 0.05) is 42.6 Å². The molecule has 0 saturated carbocycles. The van der Waals surface area contributed by atoms with Crippen LogP contribution in [0, 0.1) is 0 Å². The predicted molar refractivity (Wildman–Crippen MR) is 107 cm³/mol. The van der Waals surface area contributed by atoms with E-state index in [2.05, 4.69) is 9.97 Å². The molecule has 2 aromatic heterocycles. The highest BCUT2D eigenvalue weighted by Crippen LogP contribution is 2.39. The quantitative estimate of drug-likeness (QED) is 0.513. The van der Waals surface area contributed by atoms with Crippen LogP contribution in [0.15, 0.2) is 22.6 Å². The van der Waals surface area contributed by atoms with E-state index >= 15 is 0 Å². The number of rotatable bonds is 8. The third kappa shape index (κ3) is 4.17. The first kappa shape index (κ1) is 20.7. The Kier molecular flexibility index (Phi) is 5.75. The van der Waals surface area contributed by atoms with Gasteiger partial charge in [-0.3, -0.25) is 0 Å². The minimum absolute atomic E-state index is 0.0253. The summed E-state index contributed by atoms with van der Waals surface area (Å²) < 4.78 is 40.6. The summed E-state index contributed by atoms with van der Waals surface area (Å²) in [6.07, 6.45) is 1.32. The molecular weight excluding hydrogens is 420 g/mol. The molecule has 4 rings (SSSR count). The number of nitrogens with zero attached hydrogens (tertiary/aromatic N) is 3. The van der Waals surface area contributed by atoms with Crippen LogP contribution in [0.25, 0.3) is 22.1 Å². The summed E-state index contributed by atoms with van der Waals surface area (Å²) >= 11 is 6.04. The largest absolute Gasteiger partial charge is 0.480 e. The maximum atomic E-state index is 14.9. The van der Waals surface area contributed by atoms with Crippen LogP contribution >= 0.6 is 11.6 Å². The Morgan fingerprint density at radius 1 is 1.30 bits per heavy atom. The zero-order valence-electron chi connectivity index (χ0n) is 16.0. The van der Waals surface area contributed by atoms with Crippen LogP contribution in [-0.4, -0.2) is 47.3 Å². The number of carboxylic acid groups (broad SMARTS) is 1. The van der Waals surface area contributed by atoms with Gasteiger partial charge in [-0.25, -0.2) is 14.8 Å². The lowest BCUT2D eigenvalue weighted by molar-refractivity contribution is -0.142. The topological polar surface area (TPSA) is 88.7 Å². The number of aromatic nitrogens is 2. The highest BCUT2D eigenvalue weighted by Gasteiger charge is 2.37. The van der Waals surface area contributed by atoms with Gasteiger partial charge in [0.1, 0.15) is 17.7 Å². The molecule has 1 fully saturated rings. The number of aliphatic carboxylic acids is 1. The molecule has 0 spiro atoms. The van der Waals surface area contributed by atoms with Gasteiger partial charge in [-0.1, -0.05) is 11.6 Å². The van der Waals surface area contributed by atoms with E-state index in [1.54, 1.807) is 18.2 Å². The highest BCUT2D eigenvalue weighted by molar-refractivity contribution is 6.31. The molecule has 0 amide bonds. The minimum atomic E-state index is -3.30. The summed E-state index contributed by atoms with van der Waals surface area (Å²) in [6, 6.07) is 4.99. The average Bonchev–Trinajstić information content (AvgIpc) is 3.34. The van der Waals surface area contributed by atoms with Gasteiger partial charge in [-0.15, -0.1) is 0 Å². The van der Waals surface area contributed by atoms with Crippen molar-refractivity contribution in [1.82, 2.24) is 9.97 Å². The lowest BCUT2D eigenvalue weighted by Crippen LogP contribution is -2.24. The fourth-order valence-electron chi connectivity index (χ4n) is 3.58. The normalized spacial score (nSPS) is 14.8. The molecule has 0 aliphatic carbocycles. The van der Waals surface area contributed by atoms with Crippen molar-refractivity contribution in [2.45, 2.75) is 31.6 Å². The Morgan fingerprint density at radius 3 is 2.80 bits per heavy atom. The Labute approximate surface area is 175 Å². The molecule has 1 aliphatic heterocycles. The summed E-state index contributed by atoms with van der Waals surface area (Å²) in [5, 5.41) is 9.63. The molecule has 10 heteroatoms. The van der Waals surface area contributed by atoms with E-state index in [1.807, 2.05) is 4.90 Å². The Bertz CT molecular complexity index is 1080. The van der Waals surface area contributed by atoms with Crippen LogP contribution in [0.1, 0.15) is 31.5 Å². The van der Waals surface area contributed by atoms with Gasteiger partial charge in [-0.05, 0) is 31.4 Å². The van der Waals surface area contributed by atoms with Crippen LogP contribution in [0.2, 0.25) is 5.02 Å².